The van der Waals surface area contributed by atoms with E-state index in [9.17, 15) is 14.0 Å². The third-order valence-corrected chi connectivity index (χ3v) is 3.27. The van der Waals surface area contributed by atoms with Crippen LogP contribution in [0.1, 0.15) is 18.1 Å². The van der Waals surface area contributed by atoms with Crippen LogP contribution in [0.2, 0.25) is 5.02 Å². The van der Waals surface area contributed by atoms with E-state index >= 15 is 0 Å². The maximum absolute atomic E-state index is 12.9. The summed E-state index contributed by atoms with van der Waals surface area (Å²) in [5, 5.41) is 0.611. The Bertz CT molecular complexity index is 785. The van der Waals surface area contributed by atoms with Crippen molar-refractivity contribution < 1.29 is 14.0 Å². The average Bonchev–Trinajstić information content (AvgIpc) is 2.55. The number of hydrogen-bond donors (Lipinski definition) is 2. The number of primary amides is 2. The molecule has 0 unspecified atom stereocenters. The molecule has 0 aliphatic carbocycles. The van der Waals surface area contributed by atoms with Gasteiger partial charge in [-0.3, -0.25) is 9.59 Å². The maximum atomic E-state index is 12.9. The van der Waals surface area contributed by atoms with E-state index in [2.05, 4.69) is 6.58 Å². The lowest BCUT2D eigenvalue weighted by molar-refractivity contribution is -0.114. The summed E-state index contributed by atoms with van der Waals surface area (Å²) in [6, 6.07) is 12.6. The van der Waals surface area contributed by atoms with Crippen LogP contribution in [-0.4, -0.2) is 11.8 Å². The molecule has 2 rings (SSSR count). The third-order valence-electron chi connectivity index (χ3n) is 3.02. The molecule has 130 valence electrons. The largest absolute Gasteiger partial charge is 0.366 e. The van der Waals surface area contributed by atoms with E-state index in [1.54, 1.807) is 37.3 Å². The summed E-state index contributed by atoms with van der Waals surface area (Å²) >= 11 is 5.79. The van der Waals surface area contributed by atoms with Gasteiger partial charge in [0.05, 0.1) is 0 Å². The van der Waals surface area contributed by atoms with Gasteiger partial charge in [0.1, 0.15) is 5.82 Å². The molecule has 4 N–H and O–H groups in total. The van der Waals surface area contributed by atoms with Crippen LogP contribution in [0.25, 0.3) is 11.6 Å². The summed E-state index contributed by atoms with van der Waals surface area (Å²) in [5.74, 6) is -1.37. The fraction of sp³-hybridized carbons (Fsp3) is 0.0526. The molecule has 6 heteroatoms. The molecule has 25 heavy (non-hydrogen) atoms. The first-order chi connectivity index (χ1) is 11.7. The Labute approximate surface area is 150 Å². The Morgan fingerprint density at radius 2 is 1.48 bits per heavy atom. The van der Waals surface area contributed by atoms with Crippen molar-refractivity contribution in [1.29, 1.82) is 0 Å². The lowest BCUT2D eigenvalue weighted by atomic mass is 10.0. The normalized spacial score (nSPS) is 10.4. The SMILES string of the molecule is C=C(C)C(N)=O.NC(=O)/C(=C/c1ccc(Cl)cc1)c1ccc(F)cc1. The van der Waals surface area contributed by atoms with E-state index in [0.717, 1.165) is 5.56 Å². The van der Waals surface area contributed by atoms with Gasteiger partial charge in [-0.2, -0.15) is 0 Å². The molecule has 4 nitrogen and oxygen atoms in total. The van der Waals surface area contributed by atoms with Crippen molar-refractivity contribution in [2.24, 2.45) is 11.5 Å². The highest BCUT2D eigenvalue weighted by Crippen LogP contribution is 2.19. The molecule has 0 spiro atoms. The minimum absolute atomic E-state index is 0.322. The maximum Gasteiger partial charge on any atom is 0.249 e. The van der Waals surface area contributed by atoms with Crippen LogP contribution in [0.5, 0.6) is 0 Å². The molecule has 0 saturated heterocycles. The zero-order chi connectivity index (χ0) is 19.0. The highest BCUT2D eigenvalue weighted by atomic mass is 35.5. The highest BCUT2D eigenvalue weighted by Gasteiger charge is 2.08. The summed E-state index contributed by atoms with van der Waals surface area (Å²) in [7, 11) is 0. The molecule has 0 bridgehead atoms. The van der Waals surface area contributed by atoms with Crippen LogP contribution < -0.4 is 11.5 Å². The number of halogens is 2. The smallest absolute Gasteiger partial charge is 0.249 e. The molecule has 0 radical (unpaired) electrons. The van der Waals surface area contributed by atoms with Gasteiger partial charge in [0.15, 0.2) is 0 Å². The number of carbonyl (C=O) groups excluding carboxylic acids is 2. The van der Waals surface area contributed by atoms with Crippen molar-refractivity contribution in [2.45, 2.75) is 6.92 Å². The van der Waals surface area contributed by atoms with E-state index in [-0.39, 0.29) is 5.82 Å². The van der Waals surface area contributed by atoms with Gasteiger partial charge in [0.25, 0.3) is 0 Å². The van der Waals surface area contributed by atoms with Crippen molar-refractivity contribution in [1.82, 2.24) is 0 Å². The van der Waals surface area contributed by atoms with Gasteiger partial charge in [-0.05, 0) is 48.4 Å². The first-order valence-electron chi connectivity index (χ1n) is 7.19. The Hall–Kier alpha value is -2.92. The second-order valence-electron chi connectivity index (χ2n) is 5.13. The Kier molecular flexibility index (Phi) is 7.56. The first-order valence-corrected chi connectivity index (χ1v) is 7.57. The van der Waals surface area contributed by atoms with E-state index in [1.807, 2.05) is 0 Å². The fourth-order valence-corrected chi connectivity index (χ4v) is 1.78. The zero-order valence-electron chi connectivity index (χ0n) is 13.6. The standard InChI is InChI=1S/C15H11ClFNO.C4H7NO/c16-12-5-1-10(2-6-12)9-14(15(18)19)11-3-7-13(17)8-4-11;1-3(2)4(5)6/h1-9H,(H2,18,19);1H2,2H3,(H2,5,6)/b14-9+;. The summed E-state index contributed by atoms with van der Waals surface area (Å²) in [4.78, 5) is 21.3. The predicted octanol–water partition coefficient (Wildman–Crippen LogP) is 3.55. The lowest BCUT2D eigenvalue weighted by Crippen LogP contribution is -2.12. The molecule has 0 atom stereocenters. The summed E-state index contributed by atoms with van der Waals surface area (Å²) < 4.78 is 12.9. The molecule has 0 saturated carbocycles. The van der Waals surface area contributed by atoms with Gasteiger partial charge in [0, 0.05) is 16.2 Å². The number of carbonyl (C=O) groups is 2. The number of nitrogens with two attached hydrogens (primary N) is 2. The van der Waals surface area contributed by atoms with Gasteiger partial charge >= 0.3 is 0 Å². The van der Waals surface area contributed by atoms with Crippen molar-refractivity contribution in [3.8, 4) is 0 Å². The van der Waals surface area contributed by atoms with Gasteiger partial charge < -0.3 is 11.5 Å². The summed E-state index contributed by atoms with van der Waals surface area (Å²) in [6.45, 7) is 4.85. The monoisotopic (exact) mass is 360 g/mol. The van der Waals surface area contributed by atoms with Crippen LogP contribution in [0.15, 0.2) is 60.7 Å². The molecule has 2 aromatic rings. The number of hydrogen-bond acceptors (Lipinski definition) is 2. The van der Waals surface area contributed by atoms with Crippen molar-refractivity contribution in [3.05, 3.63) is 82.6 Å². The fourth-order valence-electron chi connectivity index (χ4n) is 1.65. The van der Waals surface area contributed by atoms with Gasteiger partial charge in [0.2, 0.25) is 11.8 Å². The predicted molar refractivity (Wildman–Crippen MR) is 98.9 cm³/mol. The first kappa shape index (κ1) is 20.1. The van der Waals surface area contributed by atoms with Crippen LogP contribution in [0.3, 0.4) is 0 Å². The van der Waals surface area contributed by atoms with Crippen LogP contribution in [0, 0.1) is 5.82 Å². The molecule has 2 aromatic carbocycles. The molecular formula is C19H18ClFN2O2. The molecule has 0 aliphatic heterocycles. The minimum atomic E-state index is -0.568. The molecule has 0 aliphatic rings. The van der Waals surface area contributed by atoms with E-state index < -0.39 is 11.8 Å². The summed E-state index contributed by atoms with van der Waals surface area (Å²) in [6.07, 6.45) is 1.64. The van der Waals surface area contributed by atoms with Gasteiger partial charge in [-0.1, -0.05) is 42.4 Å². The van der Waals surface area contributed by atoms with Crippen LogP contribution in [0.4, 0.5) is 4.39 Å². The highest BCUT2D eigenvalue weighted by molar-refractivity contribution is 6.30. The van der Waals surface area contributed by atoms with Crippen LogP contribution >= 0.6 is 11.6 Å². The van der Waals surface area contributed by atoms with E-state index in [0.29, 0.717) is 21.7 Å². The molecule has 0 heterocycles. The molecule has 2 amide bonds. The number of rotatable bonds is 4. The number of benzene rings is 2. The molecular weight excluding hydrogens is 343 g/mol. The topological polar surface area (TPSA) is 86.2 Å². The second-order valence-corrected chi connectivity index (χ2v) is 5.56. The lowest BCUT2D eigenvalue weighted by Gasteiger charge is -2.04. The van der Waals surface area contributed by atoms with Gasteiger partial charge in [-0.15, -0.1) is 0 Å². The van der Waals surface area contributed by atoms with E-state index in [1.165, 1.54) is 24.3 Å². The minimum Gasteiger partial charge on any atom is -0.366 e. The average molecular weight is 361 g/mol. The van der Waals surface area contributed by atoms with Crippen molar-refractivity contribution >= 4 is 35.1 Å². The third kappa shape index (κ3) is 7.01. The number of amides is 2. The summed E-state index contributed by atoms with van der Waals surface area (Å²) in [5.41, 5.74) is 12.1. The Morgan fingerprint density at radius 1 is 1.00 bits per heavy atom. The zero-order valence-corrected chi connectivity index (χ0v) is 14.4. The molecule has 0 aromatic heterocycles. The quantitative estimate of drug-likeness (QED) is 0.645. The Balaban J connectivity index is 0.000000450. The Morgan fingerprint density at radius 3 is 1.88 bits per heavy atom. The second kappa shape index (κ2) is 9.39. The van der Waals surface area contributed by atoms with Crippen molar-refractivity contribution in [2.75, 3.05) is 0 Å². The van der Waals surface area contributed by atoms with Crippen LogP contribution in [-0.2, 0) is 9.59 Å². The molecule has 0 fully saturated rings. The van der Waals surface area contributed by atoms with Crippen molar-refractivity contribution in [3.63, 3.8) is 0 Å². The van der Waals surface area contributed by atoms with E-state index in [4.69, 9.17) is 23.1 Å². The van der Waals surface area contributed by atoms with Gasteiger partial charge in [-0.25, -0.2) is 4.39 Å².